The number of nitrogens with one attached hydrogen (secondary N) is 1. The average Bonchev–Trinajstić information content (AvgIpc) is 2.88. The Hall–Kier alpha value is -1.95. The van der Waals surface area contributed by atoms with Crippen LogP contribution in [0.5, 0.6) is 0 Å². The molecule has 6 nitrogen and oxygen atoms in total. The Morgan fingerprint density at radius 1 is 1.37 bits per heavy atom. The fourth-order valence-corrected chi connectivity index (χ4v) is 1.85. The normalized spacial score (nSPS) is 11.0. The second-order valence-electron chi connectivity index (χ2n) is 4.53. The van der Waals surface area contributed by atoms with E-state index in [1.807, 2.05) is 17.7 Å². The van der Waals surface area contributed by atoms with Gasteiger partial charge in [-0.25, -0.2) is 15.0 Å². The van der Waals surface area contributed by atoms with Gasteiger partial charge in [0.15, 0.2) is 5.82 Å². The molecule has 0 radical (unpaired) electrons. The SMILES string of the molecule is CNc1cc(COC)nc(-c2cncn2C(C)C)n1. The lowest BCUT2D eigenvalue weighted by molar-refractivity contribution is 0.181. The molecule has 102 valence electrons. The number of hydrogen-bond acceptors (Lipinski definition) is 5. The molecule has 0 aliphatic rings. The van der Waals surface area contributed by atoms with Gasteiger partial charge in [-0.1, -0.05) is 0 Å². The third-order valence-electron chi connectivity index (χ3n) is 2.78. The fraction of sp³-hybridized carbons (Fsp3) is 0.462. The van der Waals surface area contributed by atoms with Crippen molar-refractivity contribution < 1.29 is 4.74 Å². The zero-order valence-corrected chi connectivity index (χ0v) is 11.7. The molecule has 19 heavy (non-hydrogen) atoms. The minimum atomic E-state index is 0.310. The summed E-state index contributed by atoms with van der Waals surface area (Å²) in [6.07, 6.45) is 3.58. The van der Waals surface area contributed by atoms with Crippen molar-refractivity contribution in [2.75, 3.05) is 19.5 Å². The second-order valence-corrected chi connectivity index (χ2v) is 4.53. The Kier molecular flexibility index (Phi) is 4.11. The van der Waals surface area contributed by atoms with Gasteiger partial charge in [-0.3, -0.25) is 0 Å². The largest absolute Gasteiger partial charge is 0.378 e. The number of nitrogens with zero attached hydrogens (tertiary/aromatic N) is 4. The molecule has 2 heterocycles. The predicted octanol–water partition coefficient (Wildman–Crippen LogP) is 2.11. The zero-order valence-electron chi connectivity index (χ0n) is 11.7. The van der Waals surface area contributed by atoms with Gasteiger partial charge in [0.1, 0.15) is 11.5 Å². The third-order valence-corrected chi connectivity index (χ3v) is 2.78. The Balaban J connectivity index is 2.48. The minimum Gasteiger partial charge on any atom is -0.378 e. The summed E-state index contributed by atoms with van der Waals surface area (Å²) < 4.78 is 7.18. The topological polar surface area (TPSA) is 64.9 Å². The van der Waals surface area contributed by atoms with Crippen LogP contribution in [0.2, 0.25) is 0 Å². The van der Waals surface area contributed by atoms with Crippen molar-refractivity contribution in [1.82, 2.24) is 19.5 Å². The summed E-state index contributed by atoms with van der Waals surface area (Å²) in [6, 6.07) is 2.19. The molecule has 0 spiro atoms. The van der Waals surface area contributed by atoms with E-state index in [2.05, 4.69) is 34.1 Å². The highest BCUT2D eigenvalue weighted by molar-refractivity contribution is 5.53. The summed E-state index contributed by atoms with van der Waals surface area (Å²) in [6.45, 7) is 4.66. The molecule has 0 fully saturated rings. The summed E-state index contributed by atoms with van der Waals surface area (Å²) in [4.78, 5) is 13.2. The summed E-state index contributed by atoms with van der Waals surface area (Å²) in [7, 11) is 3.49. The molecule has 0 bridgehead atoms. The van der Waals surface area contributed by atoms with Crippen LogP contribution in [0.25, 0.3) is 11.5 Å². The lowest BCUT2D eigenvalue weighted by Gasteiger charge is -2.12. The highest BCUT2D eigenvalue weighted by Crippen LogP contribution is 2.21. The Bertz CT molecular complexity index is 550. The molecule has 0 amide bonds. The highest BCUT2D eigenvalue weighted by atomic mass is 16.5. The van der Waals surface area contributed by atoms with E-state index in [1.165, 1.54) is 0 Å². The first-order valence-corrected chi connectivity index (χ1v) is 6.22. The maximum Gasteiger partial charge on any atom is 0.180 e. The maximum atomic E-state index is 5.14. The van der Waals surface area contributed by atoms with Gasteiger partial charge in [0.05, 0.1) is 24.8 Å². The van der Waals surface area contributed by atoms with Gasteiger partial charge >= 0.3 is 0 Å². The summed E-state index contributed by atoms with van der Waals surface area (Å²) >= 11 is 0. The lowest BCUT2D eigenvalue weighted by atomic mass is 10.3. The summed E-state index contributed by atoms with van der Waals surface area (Å²) in [5.74, 6) is 1.43. The van der Waals surface area contributed by atoms with Crippen LogP contribution in [-0.2, 0) is 11.3 Å². The van der Waals surface area contributed by atoms with E-state index in [4.69, 9.17) is 4.74 Å². The first-order valence-electron chi connectivity index (χ1n) is 6.22. The van der Waals surface area contributed by atoms with Gasteiger partial charge in [-0.2, -0.15) is 0 Å². The van der Waals surface area contributed by atoms with E-state index >= 15 is 0 Å². The van der Waals surface area contributed by atoms with Crippen LogP contribution in [0, 0.1) is 0 Å². The Morgan fingerprint density at radius 2 is 2.16 bits per heavy atom. The Morgan fingerprint density at radius 3 is 2.79 bits per heavy atom. The fourth-order valence-electron chi connectivity index (χ4n) is 1.85. The average molecular weight is 261 g/mol. The van der Waals surface area contributed by atoms with Crippen molar-refractivity contribution in [2.24, 2.45) is 0 Å². The van der Waals surface area contributed by atoms with Crippen LogP contribution < -0.4 is 5.32 Å². The molecular weight excluding hydrogens is 242 g/mol. The van der Waals surface area contributed by atoms with Crippen molar-refractivity contribution in [3.63, 3.8) is 0 Å². The number of hydrogen-bond donors (Lipinski definition) is 1. The standard InChI is InChI=1S/C13H19N5O/c1-9(2)18-8-15-6-11(18)13-16-10(7-19-4)5-12(14-3)17-13/h5-6,8-9H,7H2,1-4H3,(H,14,16,17). The molecule has 0 atom stereocenters. The molecular formula is C13H19N5O. The number of rotatable bonds is 5. The number of anilines is 1. The van der Waals surface area contributed by atoms with E-state index < -0.39 is 0 Å². The molecule has 0 aliphatic heterocycles. The van der Waals surface area contributed by atoms with Crippen molar-refractivity contribution >= 4 is 5.82 Å². The first kappa shape index (κ1) is 13.5. The van der Waals surface area contributed by atoms with Gasteiger partial charge in [0.2, 0.25) is 0 Å². The molecule has 2 aromatic rings. The van der Waals surface area contributed by atoms with E-state index in [0.717, 1.165) is 17.2 Å². The molecule has 0 aliphatic carbocycles. The molecule has 2 rings (SSSR count). The van der Waals surface area contributed by atoms with E-state index in [9.17, 15) is 0 Å². The summed E-state index contributed by atoms with van der Waals surface area (Å²) in [5.41, 5.74) is 1.75. The van der Waals surface area contributed by atoms with E-state index in [-0.39, 0.29) is 0 Å². The monoisotopic (exact) mass is 261 g/mol. The highest BCUT2D eigenvalue weighted by Gasteiger charge is 2.12. The van der Waals surface area contributed by atoms with Crippen LogP contribution in [0.4, 0.5) is 5.82 Å². The smallest absolute Gasteiger partial charge is 0.180 e. The van der Waals surface area contributed by atoms with Gasteiger partial charge in [0, 0.05) is 26.3 Å². The Labute approximate surface area is 112 Å². The molecule has 0 aromatic carbocycles. The van der Waals surface area contributed by atoms with Gasteiger partial charge in [0.25, 0.3) is 0 Å². The lowest BCUT2D eigenvalue weighted by Crippen LogP contribution is -2.06. The van der Waals surface area contributed by atoms with Crippen LogP contribution in [0.1, 0.15) is 25.6 Å². The van der Waals surface area contributed by atoms with Gasteiger partial charge in [-0.15, -0.1) is 0 Å². The predicted molar refractivity (Wildman–Crippen MR) is 73.9 cm³/mol. The minimum absolute atomic E-state index is 0.310. The third kappa shape index (κ3) is 2.90. The molecule has 1 N–H and O–H groups in total. The number of imidazole rings is 1. The van der Waals surface area contributed by atoms with Crippen LogP contribution in [0.15, 0.2) is 18.6 Å². The van der Waals surface area contributed by atoms with E-state index in [1.54, 1.807) is 19.6 Å². The number of aromatic nitrogens is 4. The van der Waals surface area contributed by atoms with Crippen molar-refractivity contribution in [3.05, 3.63) is 24.3 Å². The van der Waals surface area contributed by atoms with Crippen LogP contribution in [0.3, 0.4) is 0 Å². The zero-order chi connectivity index (χ0) is 13.8. The van der Waals surface area contributed by atoms with Gasteiger partial charge in [-0.05, 0) is 13.8 Å². The van der Waals surface area contributed by atoms with Crippen molar-refractivity contribution in [1.29, 1.82) is 0 Å². The van der Waals surface area contributed by atoms with Crippen molar-refractivity contribution in [3.8, 4) is 11.5 Å². The maximum absolute atomic E-state index is 5.14. The molecule has 0 saturated heterocycles. The molecule has 0 unspecified atom stereocenters. The van der Waals surface area contributed by atoms with E-state index in [0.29, 0.717) is 18.5 Å². The van der Waals surface area contributed by atoms with Crippen LogP contribution >= 0.6 is 0 Å². The van der Waals surface area contributed by atoms with Gasteiger partial charge < -0.3 is 14.6 Å². The molecule has 6 heteroatoms. The molecule has 0 saturated carbocycles. The van der Waals surface area contributed by atoms with Crippen LogP contribution in [-0.4, -0.2) is 33.7 Å². The quantitative estimate of drug-likeness (QED) is 0.893. The number of ether oxygens (including phenoxy) is 1. The molecule has 2 aromatic heterocycles. The van der Waals surface area contributed by atoms with Crippen molar-refractivity contribution in [2.45, 2.75) is 26.5 Å². The summed E-state index contributed by atoms with van der Waals surface area (Å²) in [5, 5.41) is 3.04. The number of methoxy groups -OCH3 is 1. The first-order chi connectivity index (χ1) is 9.15. The second kappa shape index (κ2) is 5.79.